The van der Waals surface area contributed by atoms with Crippen LogP contribution in [0.2, 0.25) is 0 Å². The van der Waals surface area contributed by atoms with Gasteiger partial charge in [0.05, 0.1) is 5.56 Å². The zero-order chi connectivity index (χ0) is 20.0. The van der Waals surface area contributed by atoms with Gasteiger partial charge in [0.1, 0.15) is 5.69 Å². The van der Waals surface area contributed by atoms with Crippen LogP contribution in [0.3, 0.4) is 0 Å². The van der Waals surface area contributed by atoms with Gasteiger partial charge in [0.2, 0.25) is 0 Å². The first-order valence-electron chi connectivity index (χ1n) is 7.66. The van der Waals surface area contributed by atoms with Crippen molar-refractivity contribution in [1.82, 2.24) is 10.3 Å². The van der Waals surface area contributed by atoms with Crippen molar-refractivity contribution < 1.29 is 28.7 Å². The Kier molecular flexibility index (Phi) is 6.21. The molecule has 0 aliphatic rings. The quantitative estimate of drug-likeness (QED) is 0.606. The normalized spacial score (nSPS) is 9.89. The van der Waals surface area contributed by atoms with E-state index in [1.54, 1.807) is 0 Å². The van der Waals surface area contributed by atoms with Gasteiger partial charge in [-0.15, -0.1) is 0 Å². The van der Waals surface area contributed by atoms with Gasteiger partial charge in [-0.05, 0) is 24.3 Å². The summed E-state index contributed by atoms with van der Waals surface area (Å²) in [4.78, 5) is 50.0. The Hall–Kier alpha value is -3.75. The van der Waals surface area contributed by atoms with Gasteiger partial charge in [-0.25, -0.2) is 0 Å². The van der Waals surface area contributed by atoms with E-state index in [-0.39, 0.29) is 28.4 Å². The largest absolute Gasteiger partial charge is 0.423 e. The minimum Gasteiger partial charge on any atom is -0.423 e. The molecule has 139 valence electrons. The van der Waals surface area contributed by atoms with E-state index in [1.807, 2.05) is 0 Å². The summed E-state index contributed by atoms with van der Waals surface area (Å²) in [5.74, 6) is -2.17. The van der Waals surface area contributed by atoms with E-state index in [4.69, 9.17) is 9.47 Å². The first-order valence-corrected chi connectivity index (χ1v) is 7.66. The van der Waals surface area contributed by atoms with Crippen LogP contribution in [0.5, 0.6) is 11.5 Å². The number of anilines is 1. The maximum atomic E-state index is 12.3. The molecule has 0 saturated carbocycles. The number of pyridine rings is 1. The smallest absolute Gasteiger partial charge is 0.308 e. The van der Waals surface area contributed by atoms with Crippen molar-refractivity contribution in [3.63, 3.8) is 0 Å². The molecule has 0 atom stereocenters. The number of ether oxygens (including phenoxy) is 2. The van der Waals surface area contributed by atoms with Crippen LogP contribution >= 0.6 is 0 Å². The molecule has 2 N–H and O–H groups in total. The number of carbonyl (C=O) groups is 4. The minimum absolute atomic E-state index is 0.0223. The zero-order valence-electron chi connectivity index (χ0n) is 14.6. The molecule has 27 heavy (non-hydrogen) atoms. The highest BCUT2D eigenvalue weighted by Crippen LogP contribution is 2.31. The maximum Gasteiger partial charge on any atom is 0.308 e. The van der Waals surface area contributed by atoms with Crippen molar-refractivity contribution in [2.75, 3.05) is 5.32 Å². The van der Waals surface area contributed by atoms with Gasteiger partial charge in [-0.1, -0.05) is 0 Å². The summed E-state index contributed by atoms with van der Waals surface area (Å²) >= 11 is 0. The van der Waals surface area contributed by atoms with E-state index in [9.17, 15) is 19.2 Å². The van der Waals surface area contributed by atoms with Crippen LogP contribution < -0.4 is 20.1 Å². The van der Waals surface area contributed by atoms with E-state index in [1.165, 1.54) is 50.4 Å². The first kappa shape index (κ1) is 19.6. The highest BCUT2D eigenvalue weighted by Gasteiger charge is 2.14. The molecular weight excluding hydrogens is 354 g/mol. The summed E-state index contributed by atoms with van der Waals surface area (Å²) in [7, 11) is 3.26. The number of amides is 2. The fourth-order valence-electron chi connectivity index (χ4n) is 2.02. The van der Waals surface area contributed by atoms with Gasteiger partial charge in [0.15, 0.2) is 11.5 Å². The third-order valence-corrected chi connectivity index (χ3v) is 3.13. The lowest BCUT2D eigenvalue weighted by Crippen LogP contribution is -2.18. The van der Waals surface area contributed by atoms with Gasteiger partial charge in [0, 0.05) is 38.8 Å². The Balaban J connectivity index is 2.20. The Morgan fingerprint density at radius 1 is 0.926 bits per heavy atom. The van der Waals surface area contributed by atoms with Crippen LogP contribution in [0.15, 0.2) is 36.5 Å². The van der Waals surface area contributed by atoms with Crippen molar-refractivity contribution in [3.8, 4) is 11.5 Å². The SMILES string of the molecule is [CH2]NC(=O)c1ccc(C(=O)Nc2ccc(OC(C)=O)c(OC(C)=O)c2)nc1. The maximum absolute atomic E-state index is 12.3. The highest BCUT2D eigenvalue weighted by molar-refractivity contribution is 6.03. The van der Waals surface area contributed by atoms with Crippen molar-refractivity contribution in [2.45, 2.75) is 13.8 Å². The Bertz CT molecular complexity index is 892. The van der Waals surface area contributed by atoms with Crippen LogP contribution in [0, 0.1) is 7.05 Å². The van der Waals surface area contributed by atoms with E-state index in [0.717, 1.165) is 0 Å². The Morgan fingerprint density at radius 2 is 1.59 bits per heavy atom. The number of nitrogens with zero attached hydrogens (tertiary/aromatic N) is 1. The molecule has 2 rings (SSSR count). The first-order chi connectivity index (χ1) is 12.8. The fourth-order valence-corrected chi connectivity index (χ4v) is 2.02. The second kappa shape index (κ2) is 8.56. The molecule has 1 radical (unpaired) electrons. The van der Waals surface area contributed by atoms with Crippen molar-refractivity contribution in [2.24, 2.45) is 0 Å². The molecule has 1 aromatic heterocycles. The molecule has 0 saturated heterocycles. The third-order valence-electron chi connectivity index (χ3n) is 3.13. The fraction of sp³-hybridized carbons (Fsp3) is 0.111. The summed E-state index contributed by atoms with van der Waals surface area (Å²) in [6, 6.07) is 6.98. The average molecular weight is 370 g/mol. The number of hydrogen-bond acceptors (Lipinski definition) is 7. The molecule has 0 unspecified atom stereocenters. The number of hydrogen-bond donors (Lipinski definition) is 2. The average Bonchev–Trinajstić information content (AvgIpc) is 2.62. The monoisotopic (exact) mass is 370 g/mol. The summed E-state index contributed by atoms with van der Waals surface area (Å²) in [6.07, 6.45) is 1.24. The van der Waals surface area contributed by atoms with E-state index in [2.05, 4.69) is 22.7 Å². The van der Waals surface area contributed by atoms with Gasteiger partial charge in [0.25, 0.3) is 11.8 Å². The number of carbonyl (C=O) groups excluding carboxylic acids is 4. The molecule has 9 heteroatoms. The Labute approximate surface area is 154 Å². The van der Waals surface area contributed by atoms with Gasteiger partial charge in [-0.2, -0.15) is 0 Å². The molecule has 2 amide bonds. The zero-order valence-corrected chi connectivity index (χ0v) is 14.6. The third kappa shape index (κ3) is 5.36. The van der Waals surface area contributed by atoms with Crippen LogP contribution in [0.25, 0.3) is 0 Å². The molecule has 0 bridgehead atoms. The lowest BCUT2D eigenvalue weighted by Gasteiger charge is -2.11. The topological polar surface area (TPSA) is 124 Å². The van der Waals surface area contributed by atoms with Crippen LogP contribution in [0.1, 0.15) is 34.7 Å². The molecule has 1 heterocycles. The predicted octanol–water partition coefficient (Wildman–Crippen LogP) is 1.71. The van der Waals surface area contributed by atoms with Crippen LogP contribution in [-0.2, 0) is 9.59 Å². The van der Waals surface area contributed by atoms with Gasteiger partial charge >= 0.3 is 11.9 Å². The predicted molar refractivity (Wildman–Crippen MR) is 94.1 cm³/mol. The second-order valence-corrected chi connectivity index (χ2v) is 5.24. The lowest BCUT2D eigenvalue weighted by atomic mass is 10.2. The molecule has 0 fully saturated rings. The van der Waals surface area contributed by atoms with Crippen molar-refractivity contribution >= 4 is 29.4 Å². The van der Waals surface area contributed by atoms with Crippen molar-refractivity contribution in [1.29, 1.82) is 0 Å². The summed E-state index contributed by atoms with van der Waals surface area (Å²) in [6.45, 7) is 2.40. The second-order valence-electron chi connectivity index (χ2n) is 5.24. The number of benzene rings is 1. The molecule has 9 nitrogen and oxygen atoms in total. The number of rotatable bonds is 5. The van der Waals surface area contributed by atoms with E-state index >= 15 is 0 Å². The van der Waals surface area contributed by atoms with Gasteiger partial charge in [-0.3, -0.25) is 24.2 Å². The van der Waals surface area contributed by atoms with Crippen LogP contribution in [-0.4, -0.2) is 28.7 Å². The number of esters is 2. The minimum atomic E-state index is -0.618. The summed E-state index contributed by atoms with van der Waals surface area (Å²) in [5.41, 5.74) is 0.603. The summed E-state index contributed by atoms with van der Waals surface area (Å²) in [5, 5.41) is 4.77. The molecule has 0 aliphatic carbocycles. The molecule has 0 aliphatic heterocycles. The molecule has 2 aromatic rings. The molecular formula is C18H16N3O6. The number of aromatic nitrogens is 1. The standard InChI is InChI=1S/C18H16N3O6/c1-10(22)26-15-7-5-13(8-16(15)27-11(2)23)21-18(25)14-6-4-12(9-20-14)17(24)19-3/h4-9H,3H2,1-2H3,(H,19,24)(H,21,25). The van der Waals surface area contributed by atoms with E-state index < -0.39 is 23.8 Å². The molecule has 0 spiro atoms. The highest BCUT2D eigenvalue weighted by atomic mass is 16.6. The van der Waals surface area contributed by atoms with E-state index in [0.29, 0.717) is 0 Å². The van der Waals surface area contributed by atoms with Gasteiger partial charge < -0.3 is 20.1 Å². The lowest BCUT2D eigenvalue weighted by molar-refractivity contribution is -0.134. The molecule has 1 aromatic carbocycles. The summed E-state index contributed by atoms with van der Waals surface area (Å²) < 4.78 is 9.95. The number of nitrogens with one attached hydrogen (secondary N) is 2. The Morgan fingerprint density at radius 3 is 2.15 bits per heavy atom. The van der Waals surface area contributed by atoms with Crippen molar-refractivity contribution in [3.05, 3.63) is 54.8 Å². The van der Waals surface area contributed by atoms with Crippen LogP contribution in [0.4, 0.5) is 5.69 Å².